The fraction of sp³-hybridized carbons (Fsp3) is 0.600. The summed E-state index contributed by atoms with van der Waals surface area (Å²) in [7, 11) is 0. The predicted octanol–water partition coefficient (Wildman–Crippen LogP) is 3.58. The first-order valence-corrected chi connectivity index (χ1v) is 6.37. The van der Waals surface area contributed by atoms with Gasteiger partial charge in [0, 0.05) is 13.1 Å². The van der Waals surface area contributed by atoms with Gasteiger partial charge in [-0.2, -0.15) is 0 Å². The zero-order chi connectivity index (χ0) is 11.6. The molecule has 0 amide bonds. The van der Waals surface area contributed by atoms with E-state index in [0.29, 0.717) is 5.41 Å². The van der Waals surface area contributed by atoms with Crippen molar-refractivity contribution in [2.45, 2.75) is 46.6 Å². The average molecular weight is 217 g/mol. The van der Waals surface area contributed by atoms with Crippen LogP contribution in [0.2, 0.25) is 0 Å². The van der Waals surface area contributed by atoms with Gasteiger partial charge in [0.15, 0.2) is 0 Å². The van der Waals surface area contributed by atoms with Crippen molar-refractivity contribution in [2.24, 2.45) is 5.41 Å². The van der Waals surface area contributed by atoms with Crippen LogP contribution in [0.4, 0.5) is 0 Å². The van der Waals surface area contributed by atoms with Crippen LogP contribution in [0, 0.1) is 19.3 Å². The van der Waals surface area contributed by atoms with E-state index in [1.165, 1.54) is 42.5 Å². The Morgan fingerprint density at radius 3 is 2.31 bits per heavy atom. The number of aryl methyl sites for hydroxylation is 2. The van der Waals surface area contributed by atoms with Crippen molar-refractivity contribution >= 4 is 0 Å². The lowest BCUT2D eigenvalue weighted by Crippen LogP contribution is -2.37. The van der Waals surface area contributed by atoms with Crippen LogP contribution in [-0.2, 0) is 6.54 Å². The van der Waals surface area contributed by atoms with E-state index in [1.54, 1.807) is 0 Å². The third-order valence-electron chi connectivity index (χ3n) is 4.06. The summed E-state index contributed by atoms with van der Waals surface area (Å²) in [5, 5.41) is 3.63. The zero-order valence-electron chi connectivity index (χ0n) is 10.8. The van der Waals surface area contributed by atoms with Gasteiger partial charge in [0.2, 0.25) is 0 Å². The second kappa shape index (κ2) is 4.58. The second-order valence-corrected chi connectivity index (χ2v) is 5.64. The average Bonchev–Trinajstić information content (AvgIpc) is 2.20. The lowest BCUT2D eigenvalue weighted by Gasteiger charge is -2.38. The molecule has 1 N–H and O–H groups in total. The molecule has 2 rings (SSSR count). The molecule has 0 saturated heterocycles. The molecule has 0 atom stereocenters. The van der Waals surface area contributed by atoms with E-state index >= 15 is 0 Å². The van der Waals surface area contributed by atoms with Gasteiger partial charge in [-0.1, -0.05) is 31.5 Å². The van der Waals surface area contributed by atoms with Crippen LogP contribution in [-0.4, -0.2) is 6.54 Å². The predicted molar refractivity (Wildman–Crippen MR) is 69.6 cm³/mol. The van der Waals surface area contributed by atoms with Crippen molar-refractivity contribution < 1.29 is 0 Å². The maximum absolute atomic E-state index is 3.63. The Hall–Kier alpha value is -0.820. The minimum atomic E-state index is 0.580. The molecule has 0 radical (unpaired) electrons. The molecule has 1 aliphatic rings. The normalized spacial score (nSPS) is 18.2. The van der Waals surface area contributed by atoms with Crippen LogP contribution in [0.5, 0.6) is 0 Å². The Labute approximate surface area is 99.3 Å². The van der Waals surface area contributed by atoms with Crippen molar-refractivity contribution in [3.63, 3.8) is 0 Å². The highest BCUT2D eigenvalue weighted by Crippen LogP contribution is 2.39. The van der Waals surface area contributed by atoms with Gasteiger partial charge in [-0.25, -0.2) is 0 Å². The molecule has 88 valence electrons. The Morgan fingerprint density at radius 1 is 1.19 bits per heavy atom. The highest BCUT2D eigenvalue weighted by Gasteiger charge is 2.30. The summed E-state index contributed by atoms with van der Waals surface area (Å²) in [4.78, 5) is 0. The highest BCUT2D eigenvalue weighted by molar-refractivity contribution is 5.33. The molecule has 0 unspecified atom stereocenters. The number of hydrogen-bond donors (Lipinski definition) is 1. The van der Waals surface area contributed by atoms with E-state index in [0.717, 1.165) is 6.54 Å². The highest BCUT2D eigenvalue weighted by atomic mass is 14.9. The number of benzene rings is 1. The summed E-state index contributed by atoms with van der Waals surface area (Å²) >= 11 is 0. The van der Waals surface area contributed by atoms with E-state index in [4.69, 9.17) is 0 Å². The molecule has 0 aliphatic heterocycles. The zero-order valence-corrected chi connectivity index (χ0v) is 10.8. The molecule has 0 bridgehead atoms. The smallest absolute Gasteiger partial charge is 0.0210 e. The van der Waals surface area contributed by atoms with E-state index in [-0.39, 0.29) is 0 Å². The Bertz CT molecular complexity index is 343. The lowest BCUT2D eigenvalue weighted by atomic mass is 9.70. The second-order valence-electron chi connectivity index (χ2n) is 5.64. The first kappa shape index (κ1) is 11.7. The number of rotatable bonds is 4. The first-order chi connectivity index (χ1) is 7.61. The van der Waals surface area contributed by atoms with Gasteiger partial charge >= 0.3 is 0 Å². The van der Waals surface area contributed by atoms with Crippen LogP contribution in [0.25, 0.3) is 0 Å². The van der Waals surface area contributed by atoms with Gasteiger partial charge in [-0.15, -0.1) is 0 Å². The molecule has 0 spiro atoms. The maximum atomic E-state index is 3.63. The van der Waals surface area contributed by atoms with Gasteiger partial charge in [0.25, 0.3) is 0 Å². The van der Waals surface area contributed by atoms with E-state index in [2.05, 4.69) is 44.3 Å². The molecule has 1 fully saturated rings. The quantitative estimate of drug-likeness (QED) is 0.813. The van der Waals surface area contributed by atoms with Crippen LogP contribution < -0.4 is 5.32 Å². The summed E-state index contributed by atoms with van der Waals surface area (Å²) in [6.45, 7) is 8.99. The van der Waals surface area contributed by atoms with Crippen molar-refractivity contribution in [1.29, 1.82) is 0 Å². The summed E-state index contributed by atoms with van der Waals surface area (Å²) in [6.07, 6.45) is 4.21. The Morgan fingerprint density at radius 2 is 1.81 bits per heavy atom. The van der Waals surface area contributed by atoms with Gasteiger partial charge < -0.3 is 5.32 Å². The van der Waals surface area contributed by atoms with Crippen LogP contribution in [0.1, 0.15) is 42.9 Å². The van der Waals surface area contributed by atoms with E-state index < -0.39 is 0 Å². The van der Waals surface area contributed by atoms with Crippen LogP contribution >= 0.6 is 0 Å². The molecule has 0 aromatic heterocycles. The van der Waals surface area contributed by atoms with Crippen molar-refractivity contribution in [2.75, 3.05) is 6.54 Å². The largest absolute Gasteiger partial charge is 0.312 e. The van der Waals surface area contributed by atoms with Crippen molar-refractivity contribution in [3.8, 4) is 0 Å². The summed E-state index contributed by atoms with van der Waals surface area (Å²) in [5.41, 5.74) is 4.87. The number of hydrogen-bond acceptors (Lipinski definition) is 1. The fourth-order valence-corrected chi connectivity index (χ4v) is 2.57. The third kappa shape index (κ3) is 2.46. The summed E-state index contributed by atoms with van der Waals surface area (Å²) in [6, 6.07) is 6.55. The lowest BCUT2D eigenvalue weighted by molar-refractivity contribution is 0.156. The monoisotopic (exact) mass is 217 g/mol. The molecular formula is C15H23N. The van der Waals surface area contributed by atoms with E-state index in [9.17, 15) is 0 Å². The summed E-state index contributed by atoms with van der Waals surface area (Å²) in [5.74, 6) is 0. The molecule has 1 aromatic carbocycles. The topological polar surface area (TPSA) is 12.0 Å². The fourth-order valence-electron chi connectivity index (χ4n) is 2.57. The molecular weight excluding hydrogens is 194 g/mol. The molecule has 1 saturated carbocycles. The first-order valence-electron chi connectivity index (χ1n) is 6.37. The number of nitrogens with one attached hydrogen (secondary N) is 1. The molecule has 1 nitrogen and oxygen atoms in total. The van der Waals surface area contributed by atoms with Crippen molar-refractivity contribution in [1.82, 2.24) is 5.32 Å². The molecule has 1 aliphatic carbocycles. The van der Waals surface area contributed by atoms with Gasteiger partial charge in [-0.3, -0.25) is 0 Å². The van der Waals surface area contributed by atoms with Gasteiger partial charge in [0.05, 0.1) is 0 Å². The van der Waals surface area contributed by atoms with Gasteiger partial charge in [-0.05, 0) is 48.8 Å². The Kier molecular flexibility index (Phi) is 3.34. The molecule has 1 heteroatoms. The van der Waals surface area contributed by atoms with Crippen molar-refractivity contribution in [3.05, 3.63) is 34.9 Å². The third-order valence-corrected chi connectivity index (χ3v) is 4.06. The standard InChI is InChI=1S/C15H23N/c1-12-6-4-7-13(2)14(12)10-16-11-15(3)8-5-9-15/h4,6-7,16H,5,8-11H2,1-3H3. The minimum Gasteiger partial charge on any atom is -0.312 e. The SMILES string of the molecule is Cc1cccc(C)c1CNCC1(C)CCC1. The maximum Gasteiger partial charge on any atom is 0.0210 e. The van der Waals surface area contributed by atoms with E-state index in [1.807, 2.05) is 0 Å². The summed E-state index contributed by atoms with van der Waals surface area (Å²) < 4.78 is 0. The minimum absolute atomic E-state index is 0.580. The molecule has 1 aromatic rings. The Balaban J connectivity index is 1.89. The van der Waals surface area contributed by atoms with Crippen LogP contribution in [0.3, 0.4) is 0 Å². The molecule has 0 heterocycles. The van der Waals surface area contributed by atoms with Crippen LogP contribution in [0.15, 0.2) is 18.2 Å². The molecule has 16 heavy (non-hydrogen) atoms. The van der Waals surface area contributed by atoms with Gasteiger partial charge in [0.1, 0.15) is 0 Å².